The van der Waals surface area contributed by atoms with Crippen LogP contribution in [0.4, 0.5) is 4.39 Å². The van der Waals surface area contributed by atoms with Gasteiger partial charge in [-0.05, 0) is 55.4 Å². The average molecular weight is 277 g/mol. The minimum Gasteiger partial charge on any atom is -0.492 e. The Morgan fingerprint density at radius 3 is 2.55 bits per heavy atom. The number of amides is 1. The number of fused-ring (bicyclic) bond motifs is 1. The van der Waals surface area contributed by atoms with E-state index in [9.17, 15) is 9.18 Å². The van der Waals surface area contributed by atoms with E-state index in [-0.39, 0.29) is 17.6 Å². The summed E-state index contributed by atoms with van der Waals surface area (Å²) in [7, 11) is 1.83. The fourth-order valence-corrected chi connectivity index (χ4v) is 3.17. The number of ether oxygens (including phenoxy) is 1. The summed E-state index contributed by atoms with van der Waals surface area (Å²) in [6.07, 6.45) is 3.49. The number of benzene rings is 1. The molecule has 0 aliphatic heterocycles. The number of carbonyl (C=O) groups excluding carboxylic acids is 1. The van der Waals surface area contributed by atoms with Gasteiger partial charge < -0.3 is 9.64 Å². The van der Waals surface area contributed by atoms with Crippen LogP contribution in [-0.4, -0.2) is 31.0 Å². The minimum absolute atomic E-state index is 0.231. The SMILES string of the molecule is CN(CCOc1ccc(F)cc1)C(=O)C1CC2CC2C1. The predicted octanol–water partition coefficient (Wildman–Crippen LogP) is 2.71. The maximum atomic E-state index is 12.7. The highest BCUT2D eigenvalue weighted by Crippen LogP contribution is 2.54. The van der Waals surface area contributed by atoms with Crippen LogP contribution in [0.5, 0.6) is 5.75 Å². The van der Waals surface area contributed by atoms with Gasteiger partial charge in [0.2, 0.25) is 5.91 Å². The summed E-state index contributed by atoms with van der Waals surface area (Å²) in [5.74, 6) is 2.49. The highest BCUT2D eigenvalue weighted by molar-refractivity contribution is 5.79. The molecule has 2 unspecified atom stereocenters. The molecule has 0 radical (unpaired) electrons. The molecule has 2 fully saturated rings. The van der Waals surface area contributed by atoms with Crippen LogP contribution in [0.3, 0.4) is 0 Å². The fourth-order valence-electron chi connectivity index (χ4n) is 3.17. The van der Waals surface area contributed by atoms with Crippen LogP contribution in [0.1, 0.15) is 19.3 Å². The van der Waals surface area contributed by atoms with Crippen molar-refractivity contribution in [2.75, 3.05) is 20.2 Å². The number of hydrogen-bond donors (Lipinski definition) is 0. The van der Waals surface area contributed by atoms with Crippen LogP contribution in [0, 0.1) is 23.6 Å². The average Bonchev–Trinajstić information content (AvgIpc) is 3.06. The van der Waals surface area contributed by atoms with Gasteiger partial charge in [-0.1, -0.05) is 0 Å². The number of carbonyl (C=O) groups is 1. The van der Waals surface area contributed by atoms with E-state index in [1.165, 1.54) is 18.6 Å². The topological polar surface area (TPSA) is 29.5 Å². The number of likely N-dealkylation sites (N-methyl/N-ethyl adjacent to an activating group) is 1. The summed E-state index contributed by atoms with van der Waals surface area (Å²) >= 11 is 0. The highest BCUT2D eigenvalue weighted by Gasteiger charge is 2.48. The zero-order valence-corrected chi connectivity index (χ0v) is 11.7. The first kappa shape index (κ1) is 13.4. The lowest BCUT2D eigenvalue weighted by atomic mass is 10.0. The summed E-state index contributed by atoms with van der Waals surface area (Å²) in [4.78, 5) is 14.0. The molecule has 2 atom stereocenters. The lowest BCUT2D eigenvalue weighted by Gasteiger charge is -2.22. The summed E-state index contributed by atoms with van der Waals surface area (Å²) in [6.45, 7) is 1.01. The molecule has 1 amide bonds. The van der Waals surface area contributed by atoms with E-state index in [0.29, 0.717) is 18.9 Å². The zero-order valence-electron chi connectivity index (χ0n) is 11.7. The Labute approximate surface area is 118 Å². The Hall–Kier alpha value is -1.58. The van der Waals surface area contributed by atoms with Crippen LogP contribution in [0.15, 0.2) is 24.3 Å². The van der Waals surface area contributed by atoms with Crippen molar-refractivity contribution in [2.45, 2.75) is 19.3 Å². The third kappa shape index (κ3) is 2.94. The van der Waals surface area contributed by atoms with Gasteiger partial charge in [-0.3, -0.25) is 4.79 Å². The van der Waals surface area contributed by atoms with Crippen LogP contribution < -0.4 is 4.74 Å². The normalized spacial score (nSPS) is 27.0. The van der Waals surface area contributed by atoms with Gasteiger partial charge in [0.1, 0.15) is 18.2 Å². The molecule has 4 heteroatoms. The monoisotopic (exact) mass is 277 g/mol. The number of halogens is 1. The Balaban J connectivity index is 1.41. The van der Waals surface area contributed by atoms with Crippen molar-refractivity contribution in [3.05, 3.63) is 30.1 Å². The second-order valence-corrected chi connectivity index (χ2v) is 5.99. The van der Waals surface area contributed by atoms with E-state index in [4.69, 9.17) is 4.74 Å². The standard InChI is InChI=1S/C16H20FNO2/c1-18(16(19)13-9-11-8-12(11)10-13)6-7-20-15-4-2-14(17)3-5-15/h2-5,11-13H,6-10H2,1H3. The second-order valence-electron chi connectivity index (χ2n) is 5.99. The van der Waals surface area contributed by atoms with E-state index in [2.05, 4.69) is 0 Å². The Morgan fingerprint density at radius 2 is 1.90 bits per heavy atom. The Morgan fingerprint density at radius 1 is 1.25 bits per heavy atom. The molecule has 20 heavy (non-hydrogen) atoms. The number of nitrogens with zero attached hydrogens (tertiary/aromatic N) is 1. The molecule has 2 aliphatic rings. The molecule has 0 aromatic heterocycles. The van der Waals surface area contributed by atoms with Gasteiger partial charge in [-0.2, -0.15) is 0 Å². The van der Waals surface area contributed by atoms with Crippen molar-refractivity contribution in [3.8, 4) is 5.75 Å². The van der Waals surface area contributed by atoms with Gasteiger partial charge in [-0.15, -0.1) is 0 Å². The van der Waals surface area contributed by atoms with Crippen molar-refractivity contribution in [2.24, 2.45) is 17.8 Å². The summed E-state index contributed by atoms with van der Waals surface area (Å²) < 4.78 is 18.3. The largest absolute Gasteiger partial charge is 0.492 e. The van der Waals surface area contributed by atoms with E-state index in [0.717, 1.165) is 24.7 Å². The van der Waals surface area contributed by atoms with Crippen molar-refractivity contribution in [1.82, 2.24) is 4.90 Å². The molecule has 2 saturated carbocycles. The van der Waals surface area contributed by atoms with Gasteiger partial charge in [-0.25, -0.2) is 4.39 Å². The van der Waals surface area contributed by atoms with Crippen molar-refractivity contribution >= 4 is 5.91 Å². The molecule has 0 bridgehead atoms. The molecular weight excluding hydrogens is 257 g/mol. The Kier molecular flexibility index (Phi) is 3.64. The molecule has 1 aromatic rings. The zero-order chi connectivity index (χ0) is 14.1. The molecule has 3 nitrogen and oxygen atoms in total. The van der Waals surface area contributed by atoms with Gasteiger partial charge in [0.25, 0.3) is 0 Å². The van der Waals surface area contributed by atoms with Gasteiger partial charge in [0.05, 0.1) is 6.54 Å². The third-order valence-corrected chi connectivity index (χ3v) is 4.48. The van der Waals surface area contributed by atoms with E-state index in [1.54, 1.807) is 17.0 Å². The first-order valence-electron chi connectivity index (χ1n) is 7.27. The molecule has 3 rings (SSSR count). The molecule has 0 saturated heterocycles. The summed E-state index contributed by atoms with van der Waals surface area (Å²) in [5.41, 5.74) is 0. The minimum atomic E-state index is -0.274. The lowest BCUT2D eigenvalue weighted by Crippen LogP contribution is -2.35. The summed E-state index contributed by atoms with van der Waals surface area (Å²) in [6, 6.07) is 5.94. The summed E-state index contributed by atoms with van der Waals surface area (Å²) in [5, 5.41) is 0. The van der Waals surface area contributed by atoms with E-state index >= 15 is 0 Å². The second kappa shape index (κ2) is 5.43. The maximum absolute atomic E-state index is 12.7. The maximum Gasteiger partial charge on any atom is 0.225 e. The van der Waals surface area contributed by atoms with Crippen molar-refractivity contribution < 1.29 is 13.9 Å². The molecular formula is C16H20FNO2. The Bertz CT molecular complexity index is 478. The number of rotatable bonds is 5. The van der Waals surface area contributed by atoms with Gasteiger partial charge >= 0.3 is 0 Å². The van der Waals surface area contributed by atoms with Crippen molar-refractivity contribution in [3.63, 3.8) is 0 Å². The smallest absolute Gasteiger partial charge is 0.225 e. The highest BCUT2D eigenvalue weighted by atomic mass is 19.1. The van der Waals surface area contributed by atoms with Gasteiger partial charge in [0, 0.05) is 13.0 Å². The quantitative estimate of drug-likeness (QED) is 0.828. The predicted molar refractivity (Wildman–Crippen MR) is 73.9 cm³/mol. The lowest BCUT2D eigenvalue weighted by molar-refractivity contribution is -0.134. The van der Waals surface area contributed by atoms with Gasteiger partial charge in [0.15, 0.2) is 0 Å². The molecule has 0 N–H and O–H groups in total. The number of hydrogen-bond acceptors (Lipinski definition) is 2. The molecule has 0 spiro atoms. The first-order valence-corrected chi connectivity index (χ1v) is 7.27. The molecule has 0 heterocycles. The molecule has 1 aromatic carbocycles. The van der Waals surface area contributed by atoms with Crippen molar-refractivity contribution in [1.29, 1.82) is 0 Å². The fraction of sp³-hybridized carbons (Fsp3) is 0.562. The van der Waals surface area contributed by atoms with E-state index < -0.39 is 0 Å². The molecule has 108 valence electrons. The van der Waals surface area contributed by atoms with Crippen LogP contribution in [0.25, 0.3) is 0 Å². The van der Waals surface area contributed by atoms with Crippen LogP contribution >= 0.6 is 0 Å². The van der Waals surface area contributed by atoms with Crippen LogP contribution in [-0.2, 0) is 4.79 Å². The first-order chi connectivity index (χ1) is 9.63. The molecule has 2 aliphatic carbocycles. The van der Waals surface area contributed by atoms with E-state index in [1.807, 2.05) is 7.05 Å². The van der Waals surface area contributed by atoms with Crippen LogP contribution in [0.2, 0.25) is 0 Å². The third-order valence-electron chi connectivity index (χ3n) is 4.48.